The molecule has 1 aliphatic heterocycles. The van der Waals surface area contributed by atoms with Crippen LogP contribution in [-0.2, 0) is 13.1 Å². The molecule has 15 heavy (non-hydrogen) atoms. The smallest absolute Gasteiger partial charge is 0.0296 e. The van der Waals surface area contributed by atoms with Crippen LogP contribution in [-0.4, -0.2) is 25.0 Å². The highest BCUT2D eigenvalue weighted by molar-refractivity contribution is 7.12. The predicted molar refractivity (Wildman–Crippen MR) is 66.3 cm³/mol. The van der Waals surface area contributed by atoms with Crippen LogP contribution < -0.4 is 5.32 Å². The number of likely N-dealkylation sites (tertiary alicyclic amines) is 1. The Hall–Kier alpha value is -0.380. The summed E-state index contributed by atoms with van der Waals surface area (Å²) in [6.07, 6.45) is 2.76. The molecule has 1 saturated heterocycles. The topological polar surface area (TPSA) is 15.3 Å². The van der Waals surface area contributed by atoms with E-state index in [0.29, 0.717) is 0 Å². The lowest BCUT2D eigenvalue weighted by molar-refractivity contribution is 0.331. The molecule has 2 rings (SSSR count). The lowest BCUT2D eigenvalue weighted by Gasteiger charge is -2.13. The van der Waals surface area contributed by atoms with E-state index < -0.39 is 0 Å². The molecule has 0 spiro atoms. The first-order chi connectivity index (χ1) is 7.29. The van der Waals surface area contributed by atoms with Gasteiger partial charge in [-0.25, -0.2) is 0 Å². The quantitative estimate of drug-likeness (QED) is 0.844. The van der Waals surface area contributed by atoms with Crippen LogP contribution in [0.25, 0.3) is 0 Å². The first-order valence-corrected chi connectivity index (χ1v) is 6.56. The second-order valence-electron chi connectivity index (χ2n) is 4.31. The van der Waals surface area contributed by atoms with E-state index in [0.717, 1.165) is 13.1 Å². The fraction of sp³-hybridized carbons (Fsp3) is 0.667. The van der Waals surface area contributed by atoms with Crippen molar-refractivity contribution in [1.82, 2.24) is 10.2 Å². The highest BCUT2D eigenvalue weighted by atomic mass is 32.1. The molecule has 3 heteroatoms. The zero-order valence-corrected chi connectivity index (χ0v) is 10.5. The Bertz CT molecular complexity index is 313. The molecule has 84 valence electrons. The van der Waals surface area contributed by atoms with Gasteiger partial charge in [0.1, 0.15) is 0 Å². The molecule has 2 nitrogen and oxygen atoms in total. The third-order valence-corrected chi connectivity index (χ3v) is 4.11. The van der Waals surface area contributed by atoms with Gasteiger partial charge in [-0.3, -0.25) is 4.90 Å². The van der Waals surface area contributed by atoms with E-state index in [4.69, 9.17) is 0 Å². The summed E-state index contributed by atoms with van der Waals surface area (Å²) in [5.74, 6) is 0. The molecule has 0 saturated carbocycles. The van der Waals surface area contributed by atoms with Gasteiger partial charge in [0.2, 0.25) is 0 Å². The summed E-state index contributed by atoms with van der Waals surface area (Å²) in [4.78, 5) is 5.52. The average Bonchev–Trinajstić information content (AvgIpc) is 2.79. The third kappa shape index (κ3) is 2.80. The Balaban J connectivity index is 2.00. The van der Waals surface area contributed by atoms with Gasteiger partial charge < -0.3 is 5.32 Å². The number of thiophene rings is 1. The summed E-state index contributed by atoms with van der Waals surface area (Å²) in [6, 6.07) is 2.37. The van der Waals surface area contributed by atoms with Gasteiger partial charge in [0, 0.05) is 22.8 Å². The second-order valence-corrected chi connectivity index (χ2v) is 5.65. The van der Waals surface area contributed by atoms with Crippen LogP contribution in [0.4, 0.5) is 0 Å². The van der Waals surface area contributed by atoms with Crippen LogP contribution in [0.3, 0.4) is 0 Å². The van der Waals surface area contributed by atoms with Crippen LogP contribution in [0, 0.1) is 6.92 Å². The fourth-order valence-corrected chi connectivity index (χ4v) is 3.25. The molecule has 0 aliphatic carbocycles. The summed E-state index contributed by atoms with van der Waals surface area (Å²) in [7, 11) is 2.01. The second kappa shape index (κ2) is 5.10. The van der Waals surface area contributed by atoms with Gasteiger partial charge in [0.25, 0.3) is 0 Å². The van der Waals surface area contributed by atoms with Crippen molar-refractivity contribution in [3.05, 3.63) is 21.4 Å². The summed E-state index contributed by atoms with van der Waals surface area (Å²) in [6.45, 7) is 6.99. The first kappa shape index (κ1) is 11.1. The monoisotopic (exact) mass is 224 g/mol. The molecule has 1 N–H and O–H groups in total. The van der Waals surface area contributed by atoms with Crippen molar-refractivity contribution in [2.45, 2.75) is 32.9 Å². The number of hydrogen-bond donors (Lipinski definition) is 1. The van der Waals surface area contributed by atoms with Crippen molar-refractivity contribution in [2.24, 2.45) is 0 Å². The summed E-state index contributed by atoms with van der Waals surface area (Å²) in [5, 5.41) is 3.21. The summed E-state index contributed by atoms with van der Waals surface area (Å²) >= 11 is 1.93. The van der Waals surface area contributed by atoms with Crippen LogP contribution in [0.1, 0.15) is 28.2 Å². The third-order valence-electron chi connectivity index (χ3n) is 3.02. The van der Waals surface area contributed by atoms with E-state index in [1.807, 2.05) is 18.4 Å². The Morgan fingerprint density at radius 3 is 2.80 bits per heavy atom. The molecule has 1 aromatic heterocycles. The van der Waals surface area contributed by atoms with Crippen molar-refractivity contribution < 1.29 is 0 Å². The van der Waals surface area contributed by atoms with Crippen molar-refractivity contribution in [3.8, 4) is 0 Å². The van der Waals surface area contributed by atoms with Gasteiger partial charge in [-0.15, -0.1) is 11.3 Å². The maximum atomic E-state index is 3.21. The maximum Gasteiger partial charge on any atom is 0.0296 e. The van der Waals surface area contributed by atoms with Crippen molar-refractivity contribution in [3.63, 3.8) is 0 Å². The number of aryl methyl sites for hydroxylation is 1. The van der Waals surface area contributed by atoms with E-state index in [1.165, 1.54) is 41.2 Å². The molecule has 0 aromatic carbocycles. The average molecular weight is 224 g/mol. The Morgan fingerprint density at radius 2 is 2.13 bits per heavy atom. The molecule has 2 heterocycles. The zero-order chi connectivity index (χ0) is 10.7. The van der Waals surface area contributed by atoms with E-state index >= 15 is 0 Å². The lowest BCUT2D eigenvalue weighted by Crippen LogP contribution is -2.18. The van der Waals surface area contributed by atoms with Gasteiger partial charge in [-0.05, 0) is 51.5 Å². The summed E-state index contributed by atoms with van der Waals surface area (Å²) in [5.41, 5.74) is 1.53. The van der Waals surface area contributed by atoms with Crippen molar-refractivity contribution >= 4 is 11.3 Å². The Labute approximate surface area is 96.3 Å². The van der Waals surface area contributed by atoms with E-state index in [9.17, 15) is 0 Å². The minimum absolute atomic E-state index is 1.01. The normalized spacial score (nSPS) is 17.5. The van der Waals surface area contributed by atoms with Gasteiger partial charge in [-0.1, -0.05) is 0 Å². The molecule has 1 aliphatic rings. The predicted octanol–water partition coefficient (Wildman–Crippen LogP) is 2.37. The minimum Gasteiger partial charge on any atom is -0.315 e. The van der Waals surface area contributed by atoms with Crippen molar-refractivity contribution in [2.75, 3.05) is 20.1 Å². The van der Waals surface area contributed by atoms with Crippen LogP contribution >= 0.6 is 11.3 Å². The van der Waals surface area contributed by atoms with E-state index in [-0.39, 0.29) is 0 Å². The summed E-state index contributed by atoms with van der Waals surface area (Å²) < 4.78 is 0. The molecule has 0 radical (unpaired) electrons. The van der Waals surface area contributed by atoms with Crippen LogP contribution in [0.2, 0.25) is 0 Å². The molecule has 1 fully saturated rings. The number of nitrogens with zero attached hydrogens (tertiary/aromatic N) is 1. The molecule has 0 unspecified atom stereocenters. The van der Waals surface area contributed by atoms with Crippen LogP contribution in [0.15, 0.2) is 6.07 Å². The molecule has 0 amide bonds. The lowest BCUT2D eigenvalue weighted by atomic mass is 10.2. The molecular weight excluding hydrogens is 204 g/mol. The number of rotatable bonds is 4. The SMILES string of the molecule is CNCc1cc(CN2CCCC2)c(C)s1. The molecule has 0 bridgehead atoms. The van der Waals surface area contributed by atoms with E-state index in [2.05, 4.69) is 23.2 Å². The van der Waals surface area contributed by atoms with Gasteiger partial charge in [0.15, 0.2) is 0 Å². The molecule has 0 atom stereocenters. The largest absolute Gasteiger partial charge is 0.315 e. The van der Waals surface area contributed by atoms with Gasteiger partial charge in [-0.2, -0.15) is 0 Å². The molecular formula is C12H20N2S. The highest BCUT2D eigenvalue weighted by Gasteiger charge is 2.14. The number of hydrogen-bond acceptors (Lipinski definition) is 3. The Morgan fingerprint density at radius 1 is 1.40 bits per heavy atom. The standard InChI is InChI=1S/C12H20N2S/c1-10-11(7-12(15-10)8-13-2)9-14-5-3-4-6-14/h7,13H,3-6,8-9H2,1-2H3. The zero-order valence-electron chi connectivity index (χ0n) is 9.68. The van der Waals surface area contributed by atoms with Crippen LogP contribution in [0.5, 0.6) is 0 Å². The fourth-order valence-electron chi connectivity index (χ4n) is 2.19. The van der Waals surface area contributed by atoms with Gasteiger partial charge in [0.05, 0.1) is 0 Å². The first-order valence-electron chi connectivity index (χ1n) is 5.74. The maximum absolute atomic E-state index is 3.21. The van der Waals surface area contributed by atoms with Gasteiger partial charge >= 0.3 is 0 Å². The molecule has 1 aromatic rings. The Kier molecular flexibility index (Phi) is 3.78. The highest BCUT2D eigenvalue weighted by Crippen LogP contribution is 2.24. The number of nitrogens with one attached hydrogen (secondary N) is 1. The minimum atomic E-state index is 1.01. The van der Waals surface area contributed by atoms with E-state index in [1.54, 1.807) is 0 Å². The van der Waals surface area contributed by atoms with Crippen molar-refractivity contribution in [1.29, 1.82) is 0 Å².